The smallest absolute Gasteiger partial charge is 0.405 e. The van der Waals surface area contributed by atoms with Gasteiger partial charge in [-0.05, 0) is 16.3 Å². The minimum absolute atomic E-state index is 0.0424. The van der Waals surface area contributed by atoms with Gasteiger partial charge in [-0.3, -0.25) is 14.4 Å². The molecule has 0 unspecified atom stereocenters. The Morgan fingerprint density at radius 3 is 2.37 bits per heavy atom. The Hall–Kier alpha value is -3.10. The van der Waals surface area contributed by atoms with E-state index in [9.17, 15) is 27.6 Å². The van der Waals surface area contributed by atoms with Gasteiger partial charge in [-0.15, -0.1) is 0 Å². The van der Waals surface area contributed by atoms with E-state index in [1.54, 1.807) is 11.4 Å². The van der Waals surface area contributed by atoms with Crippen LogP contribution >= 0.6 is 0 Å². The highest BCUT2D eigenvalue weighted by Crippen LogP contribution is 2.18. The summed E-state index contributed by atoms with van der Waals surface area (Å²) in [7, 11) is 0. The number of ether oxygens (including phenoxy) is 1. The van der Waals surface area contributed by atoms with Crippen molar-refractivity contribution in [2.24, 2.45) is 0 Å². The lowest BCUT2D eigenvalue weighted by Crippen LogP contribution is -2.38. The molecule has 2 N–H and O–H groups in total. The first-order valence-corrected chi connectivity index (χ1v) is 7.97. The maximum absolute atomic E-state index is 12.0. The van der Waals surface area contributed by atoms with Crippen molar-refractivity contribution in [3.8, 4) is 0 Å². The lowest BCUT2D eigenvalue weighted by molar-refractivity contribution is -0.151. The van der Waals surface area contributed by atoms with Crippen LogP contribution in [0.5, 0.6) is 0 Å². The highest BCUT2D eigenvalue weighted by Gasteiger charge is 2.27. The maximum atomic E-state index is 12.0. The lowest BCUT2D eigenvalue weighted by atomic mass is 10.0. The van der Waals surface area contributed by atoms with Crippen molar-refractivity contribution in [1.29, 1.82) is 0 Å². The maximum Gasteiger partial charge on any atom is 0.405 e. The molecule has 0 aliphatic carbocycles. The Morgan fingerprint density at radius 1 is 0.926 bits per heavy atom. The van der Waals surface area contributed by atoms with Crippen molar-refractivity contribution < 1.29 is 32.3 Å². The van der Waals surface area contributed by atoms with Gasteiger partial charge in [0.05, 0.1) is 6.42 Å². The number of fused-ring (bicyclic) bond motifs is 1. The van der Waals surface area contributed by atoms with Crippen LogP contribution in [-0.2, 0) is 25.5 Å². The second-order valence-electron chi connectivity index (χ2n) is 5.64. The molecule has 0 bridgehead atoms. The third-order valence-corrected chi connectivity index (χ3v) is 3.51. The van der Waals surface area contributed by atoms with Gasteiger partial charge >= 0.3 is 12.1 Å². The van der Waals surface area contributed by atoms with Crippen LogP contribution in [0.1, 0.15) is 5.56 Å². The van der Waals surface area contributed by atoms with Crippen molar-refractivity contribution in [2.45, 2.75) is 12.6 Å². The van der Waals surface area contributed by atoms with Crippen molar-refractivity contribution in [2.75, 3.05) is 19.7 Å². The molecule has 9 heteroatoms. The van der Waals surface area contributed by atoms with Crippen LogP contribution in [0.3, 0.4) is 0 Å². The van der Waals surface area contributed by atoms with E-state index in [1.807, 2.05) is 36.4 Å². The number of carbonyl (C=O) groups is 3. The summed E-state index contributed by atoms with van der Waals surface area (Å²) in [5.74, 6) is -2.43. The number of hydrogen-bond acceptors (Lipinski definition) is 4. The Morgan fingerprint density at radius 2 is 1.63 bits per heavy atom. The van der Waals surface area contributed by atoms with Gasteiger partial charge in [-0.25, -0.2) is 0 Å². The lowest BCUT2D eigenvalue weighted by Gasteiger charge is -2.10. The average Bonchev–Trinajstić information content (AvgIpc) is 2.63. The molecular formula is C18H17F3N2O4. The van der Waals surface area contributed by atoms with Gasteiger partial charge in [0.2, 0.25) is 5.91 Å². The van der Waals surface area contributed by atoms with E-state index < -0.39 is 43.7 Å². The minimum atomic E-state index is -4.55. The summed E-state index contributed by atoms with van der Waals surface area (Å²) < 4.78 is 40.3. The Labute approximate surface area is 152 Å². The van der Waals surface area contributed by atoms with Gasteiger partial charge in [-0.2, -0.15) is 13.2 Å². The molecule has 0 atom stereocenters. The second-order valence-corrected chi connectivity index (χ2v) is 5.64. The number of hydrogen-bond donors (Lipinski definition) is 2. The summed E-state index contributed by atoms with van der Waals surface area (Å²) in [5, 5.41) is 5.81. The molecule has 2 rings (SSSR count). The first-order chi connectivity index (χ1) is 12.7. The minimum Gasteiger partial charge on any atom is -0.454 e. The van der Waals surface area contributed by atoms with Gasteiger partial charge in [0.25, 0.3) is 5.91 Å². The molecule has 144 valence electrons. The van der Waals surface area contributed by atoms with Crippen molar-refractivity contribution in [1.82, 2.24) is 10.6 Å². The number of esters is 1. The summed E-state index contributed by atoms with van der Waals surface area (Å²) in [4.78, 5) is 34.6. The van der Waals surface area contributed by atoms with Gasteiger partial charge in [0.1, 0.15) is 13.1 Å². The number of benzene rings is 2. The molecule has 2 aromatic carbocycles. The van der Waals surface area contributed by atoms with Crippen LogP contribution in [-0.4, -0.2) is 43.7 Å². The largest absolute Gasteiger partial charge is 0.454 e. The number of nitrogens with one attached hydrogen (secondary N) is 2. The fraction of sp³-hybridized carbons (Fsp3) is 0.278. The fourth-order valence-electron chi connectivity index (χ4n) is 2.30. The van der Waals surface area contributed by atoms with E-state index in [4.69, 9.17) is 0 Å². The van der Waals surface area contributed by atoms with E-state index in [0.29, 0.717) is 0 Å². The molecule has 0 aliphatic rings. The van der Waals surface area contributed by atoms with Gasteiger partial charge in [-0.1, -0.05) is 42.5 Å². The molecule has 2 amide bonds. The van der Waals surface area contributed by atoms with Crippen LogP contribution < -0.4 is 10.6 Å². The SMILES string of the molecule is O=C(COC(=O)CNC(=O)Cc1cccc2ccccc12)NCC(F)(F)F. The number of alkyl halides is 3. The number of amides is 2. The Kier molecular flexibility index (Phi) is 6.75. The van der Waals surface area contributed by atoms with E-state index in [2.05, 4.69) is 10.1 Å². The van der Waals surface area contributed by atoms with Gasteiger partial charge in [0, 0.05) is 0 Å². The van der Waals surface area contributed by atoms with Gasteiger partial charge in [0.15, 0.2) is 6.61 Å². The molecule has 0 fully saturated rings. The summed E-state index contributed by atoms with van der Waals surface area (Å²) in [6, 6.07) is 13.1. The van der Waals surface area contributed by atoms with E-state index >= 15 is 0 Å². The highest BCUT2D eigenvalue weighted by atomic mass is 19.4. The first-order valence-electron chi connectivity index (χ1n) is 7.97. The highest BCUT2D eigenvalue weighted by molar-refractivity contribution is 5.91. The molecule has 27 heavy (non-hydrogen) atoms. The Balaban J connectivity index is 1.75. The number of carbonyl (C=O) groups excluding carboxylic acids is 3. The standard InChI is InChI=1S/C18H17F3N2O4/c19-18(20,21)11-23-16(25)10-27-17(26)9-22-15(24)8-13-6-3-5-12-4-1-2-7-14(12)13/h1-7H,8-11H2,(H,22,24)(H,23,25). The zero-order chi connectivity index (χ0) is 19.9. The van der Waals surface area contributed by atoms with Crippen LogP contribution in [0.15, 0.2) is 42.5 Å². The van der Waals surface area contributed by atoms with E-state index in [0.717, 1.165) is 16.3 Å². The predicted octanol–water partition coefficient (Wildman–Crippen LogP) is 1.72. The third-order valence-electron chi connectivity index (χ3n) is 3.51. The molecule has 0 spiro atoms. The predicted molar refractivity (Wildman–Crippen MR) is 90.7 cm³/mol. The molecule has 0 heterocycles. The van der Waals surface area contributed by atoms with Crippen molar-refractivity contribution >= 4 is 28.6 Å². The summed E-state index contributed by atoms with van der Waals surface area (Å²) >= 11 is 0. The molecule has 0 saturated carbocycles. The summed E-state index contributed by atoms with van der Waals surface area (Å²) in [6.07, 6.45) is -4.50. The zero-order valence-electron chi connectivity index (χ0n) is 14.1. The van der Waals surface area contributed by atoms with Crippen LogP contribution in [0.25, 0.3) is 10.8 Å². The second kappa shape index (κ2) is 9.02. The van der Waals surface area contributed by atoms with E-state index in [-0.39, 0.29) is 6.42 Å². The fourth-order valence-corrected chi connectivity index (χ4v) is 2.30. The van der Waals surface area contributed by atoms with Crippen molar-refractivity contribution in [3.63, 3.8) is 0 Å². The quantitative estimate of drug-likeness (QED) is 0.715. The molecule has 0 saturated heterocycles. The summed E-state index contributed by atoms with van der Waals surface area (Å²) in [6.45, 7) is -2.85. The van der Waals surface area contributed by atoms with E-state index in [1.165, 1.54) is 0 Å². The molecular weight excluding hydrogens is 365 g/mol. The molecule has 6 nitrogen and oxygen atoms in total. The normalized spacial score (nSPS) is 11.1. The van der Waals surface area contributed by atoms with Crippen LogP contribution in [0.2, 0.25) is 0 Å². The van der Waals surface area contributed by atoms with Crippen molar-refractivity contribution in [3.05, 3.63) is 48.0 Å². The van der Waals surface area contributed by atoms with Crippen LogP contribution in [0, 0.1) is 0 Å². The average molecular weight is 382 g/mol. The number of halogens is 3. The molecule has 0 radical (unpaired) electrons. The van der Waals surface area contributed by atoms with Gasteiger partial charge < -0.3 is 15.4 Å². The monoisotopic (exact) mass is 382 g/mol. The molecule has 0 aromatic heterocycles. The molecule has 0 aliphatic heterocycles. The molecule has 2 aromatic rings. The third kappa shape index (κ3) is 6.96. The Bertz CT molecular complexity index is 831. The first kappa shape index (κ1) is 20.2. The topological polar surface area (TPSA) is 84.5 Å². The number of rotatable bonds is 7. The summed E-state index contributed by atoms with van der Waals surface area (Å²) in [5.41, 5.74) is 0.783. The zero-order valence-corrected chi connectivity index (χ0v) is 14.1. The van der Waals surface area contributed by atoms with Crippen LogP contribution in [0.4, 0.5) is 13.2 Å².